The Bertz CT molecular complexity index is 826. The Hall–Kier alpha value is -2.20. The molecule has 4 aliphatic carbocycles. The lowest BCUT2D eigenvalue weighted by Crippen LogP contribution is -2.61. The number of ether oxygens (including phenoxy) is 2. The van der Waals surface area contributed by atoms with Gasteiger partial charge in [0.25, 0.3) is 0 Å². The number of rotatable bonds is 3. The summed E-state index contributed by atoms with van der Waals surface area (Å²) in [7, 11) is 0. The number of primary amides is 1. The Morgan fingerprint density at radius 1 is 1.06 bits per heavy atom. The molecule has 186 valence electrons. The Morgan fingerprint density at radius 3 is 2.18 bits per heavy atom. The van der Waals surface area contributed by atoms with Gasteiger partial charge in [-0.2, -0.15) is 13.2 Å². The third-order valence-electron chi connectivity index (χ3n) is 7.76. The van der Waals surface area contributed by atoms with E-state index in [1.54, 1.807) is 20.8 Å². The van der Waals surface area contributed by atoms with Crippen molar-refractivity contribution in [3.8, 4) is 0 Å². The molecule has 1 heterocycles. The topological polar surface area (TPSA) is 111 Å². The van der Waals surface area contributed by atoms with Crippen LogP contribution < -0.4 is 11.1 Å². The first-order valence-electron chi connectivity index (χ1n) is 11.5. The number of hydrogen-bond donors (Lipinski definition) is 2. The summed E-state index contributed by atoms with van der Waals surface area (Å²) < 4.78 is 52.7. The molecule has 3 unspecified atom stereocenters. The van der Waals surface area contributed by atoms with E-state index in [0.29, 0.717) is 18.8 Å². The van der Waals surface area contributed by atoms with Crippen LogP contribution in [0.4, 0.5) is 22.8 Å². The number of halogens is 3. The molecular weight excluding hydrogens is 443 g/mol. The zero-order valence-corrected chi connectivity index (χ0v) is 19.2. The molecule has 5 aliphatic rings. The van der Waals surface area contributed by atoms with Crippen LogP contribution in [0.5, 0.6) is 0 Å². The Morgan fingerprint density at radius 2 is 1.67 bits per heavy atom. The zero-order chi connectivity index (χ0) is 24.4. The second kappa shape index (κ2) is 7.66. The standard InChI is InChI=1S/C22H32F3N3O5/c1-19(2,3)33-17(30)27-21(22(23,24)25)4-5-28(11-21)18(31)32-15-13-6-12-7-14(15)10-20(8-12,9-13)16(26)29/h12-15H,4-11H2,1-3H3,(H2,26,29)(H,27,30)/t12?,13?,14?,15-,20-,21?. The van der Waals surface area contributed by atoms with Gasteiger partial charge in [0.15, 0.2) is 5.54 Å². The van der Waals surface area contributed by atoms with Crippen LogP contribution in [0, 0.1) is 23.2 Å². The number of nitrogens with one attached hydrogen (secondary N) is 1. The number of nitrogens with two attached hydrogens (primary N) is 1. The van der Waals surface area contributed by atoms with E-state index in [2.05, 4.69) is 0 Å². The molecule has 5 rings (SSSR count). The monoisotopic (exact) mass is 475 g/mol. The van der Waals surface area contributed by atoms with Crippen molar-refractivity contribution in [1.29, 1.82) is 0 Å². The summed E-state index contributed by atoms with van der Waals surface area (Å²) in [5.74, 6) is 0.0344. The van der Waals surface area contributed by atoms with E-state index in [0.717, 1.165) is 24.2 Å². The van der Waals surface area contributed by atoms with Gasteiger partial charge in [-0.25, -0.2) is 9.59 Å². The van der Waals surface area contributed by atoms with Gasteiger partial charge in [-0.05, 0) is 77.0 Å². The molecule has 0 spiro atoms. The van der Waals surface area contributed by atoms with Crippen LogP contribution in [0.1, 0.15) is 59.3 Å². The van der Waals surface area contributed by atoms with Crippen molar-refractivity contribution >= 4 is 18.1 Å². The van der Waals surface area contributed by atoms with Crippen LogP contribution in [0.15, 0.2) is 0 Å². The SMILES string of the molecule is CC(C)(C)OC(=O)NC1(C(F)(F)F)CCN(C(=O)O[C@H]2C3CC4CC2C[C@](C(N)=O)(C4)C3)C1. The summed E-state index contributed by atoms with van der Waals surface area (Å²) in [6, 6.07) is 0. The molecule has 0 aromatic rings. The number of carbonyl (C=O) groups is 3. The highest BCUT2D eigenvalue weighted by Crippen LogP contribution is 2.60. The minimum Gasteiger partial charge on any atom is -0.446 e. The molecule has 5 fully saturated rings. The van der Waals surface area contributed by atoms with Crippen molar-refractivity contribution in [2.45, 2.75) is 82.7 Å². The Kier molecular flexibility index (Phi) is 5.56. The predicted octanol–water partition coefficient (Wildman–Crippen LogP) is 3.33. The zero-order valence-electron chi connectivity index (χ0n) is 19.2. The number of nitrogens with zero attached hydrogens (tertiary/aromatic N) is 1. The summed E-state index contributed by atoms with van der Waals surface area (Å²) in [5, 5.41) is 1.96. The van der Waals surface area contributed by atoms with Crippen molar-refractivity contribution in [2.24, 2.45) is 28.9 Å². The van der Waals surface area contributed by atoms with Gasteiger partial charge in [0.2, 0.25) is 5.91 Å². The normalized spacial score (nSPS) is 37.7. The first-order valence-corrected chi connectivity index (χ1v) is 11.5. The van der Waals surface area contributed by atoms with Gasteiger partial charge in [0.05, 0.1) is 12.0 Å². The van der Waals surface area contributed by atoms with Gasteiger partial charge in [-0.1, -0.05) is 0 Å². The third kappa shape index (κ3) is 4.35. The van der Waals surface area contributed by atoms with Crippen molar-refractivity contribution in [3.63, 3.8) is 0 Å². The fourth-order valence-electron chi connectivity index (χ4n) is 6.53. The van der Waals surface area contributed by atoms with Gasteiger partial charge >= 0.3 is 18.4 Å². The highest BCUT2D eigenvalue weighted by Gasteiger charge is 2.62. The molecule has 3 N–H and O–H groups in total. The molecule has 0 radical (unpaired) electrons. The average Bonchev–Trinajstić information content (AvgIpc) is 3.07. The average molecular weight is 476 g/mol. The largest absolute Gasteiger partial charge is 0.446 e. The van der Waals surface area contributed by atoms with E-state index < -0.39 is 54.0 Å². The highest BCUT2D eigenvalue weighted by atomic mass is 19.4. The molecule has 3 amide bonds. The maximum atomic E-state index is 14.0. The maximum Gasteiger partial charge on any atom is 0.413 e. The number of likely N-dealkylation sites (tertiary alicyclic amines) is 1. The Labute approximate surface area is 190 Å². The lowest BCUT2D eigenvalue weighted by molar-refractivity contribution is -0.191. The minimum absolute atomic E-state index is 0.0115. The van der Waals surface area contributed by atoms with Crippen LogP contribution in [0.25, 0.3) is 0 Å². The maximum absolute atomic E-state index is 14.0. The van der Waals surface area contributed by atoms with Crippen LogP contribution >= 0.6 is 0 Å². The lowest BCUT2D eigenvalue weighted by Gasteiger charge is -2.58. The molecule has 4 saturated carbocycles. The van der Waals surface area contributed by atoms with Crippen LogP contribution in [-0.4, -0.2) is 59.5 Å². The summed E-state index contributed by atoms with van der Waals surface area (Å²) >= 11 is 0. The molecule has 4 bridgehead atoms. The van der Waals surface area contributed by atoms with Crippen LogP contribution in [0.2, 0.25) is 0 Å². The fraction of sp³-hybridized carbons (Fsp3) is 0.864. The molecule has 8 nitrogen and oxygen atoms in total. The number of carbonyl (C=O) groups excluding carboxylic acids is 3. The first-order chi connectivity index (χ1) is 15.1. The molecule has 11 heteroatoms. The molecule has 33 heavy (non-hydrogen) atoms. The van der Waals surface area contributed by atoms with Gasteiger partial charge < -0.3 is 25.4 Å². The Balaban J connectivity index is 1.43. The van der Waals surface area contributed by atoms with E-state index in [1.807, 2.05) is 5.32 Å². The molecule has 0 aromatic carbocycles. The molecule has 1 saturated heterocycles. The summed E-state index contributed by atoms with van der Waals surface area (Å²) in [5.41, 5.74) is 1.57. The van der Waals surface area contributed by atoms with E-state index in [9.17, 15) is 27.6 Å². The quantitative estimate of drug-likeness (QED) is 0.651. The highest BCUT2D eigenvalue weighted by molar-refractivity contribution is 5.81. The van der Waals surface area contributed by atoms with Gasteiger partial charge in [0, 0.05) is 6.54 Å². The van der Waals surface area contributed by atoms with E-state index >= 15 is 0 Å². The smallest absolute Gasteiger partial charge is 0.413 e. The molecule has 3 atom stereocenters. The second-order valence-electron chi connectivity index (χ2n) is 11.3. The number of alkyl halides is 3. The predicted molar refractivity (Wildman–Crippen MR) is 110 cm³/mol. The van der Waals surface area contributed by atoms with Crippen LogP contribution in [-0.2, 0) is 14.3 Å². The summed E-state index contributed by atoms with van der Waals surface area (Å²) in [6.45, 7) is 3.71. The van der Waals surface area contributed by atoms with E-state index in [-0.39, 0.29) is 24.3 Å². The van der Waals surface area contributed by atoms with Crippen LogP contribution in [0.3, 0.4) is 0 Å². The van der Waals surface area contributed by atoms with Gasteiger partial charge in [0.1, 0.15) is 11.7 Å². The van der Waals surface area contributed by atoms with E-state index in [1.165, 1.54) is 0 Å². The molecule has 0 aromatic heterocycles. The third-order valence-corrected chi connectivity index (χ3v) is 7.76. The number of amides is 3. The van der Waals surface area contributed by atoms with Crippen molar-refractivity contribution in [2.75, 3.05) is 13.1 Å². The summed E-state index contributed by atoms with van der Waals surface area (Å²) in [6.07, 6.45) is -4.17. The molecular formula is C22H32F3N3O5. The summed E-state index contributed by atoms with van der Waals surface area (Å²) in [4.78, 5) is 38.1. The number of hydrogen-bond acceptors (Lipinski definition) is 5. The van der Waals surface area contributed by atoms with E-state index in [4.69, 9.17) is 15.2 Å². The lowest BCUT2D eigenvalue weighted by atomic mass is 9.48. The first kappa shape index (κ1) is 23.9. The van der Waals surface area contributed by atoms with Crippen molar-refractivity contribution < 1.29 is 37.0 Å². The fourth-order valence-corrected chi connectivity index (χ4v) is 6.53. The van der Waals surface area contributed by atoms with Crippen molar-refractivity contribution in [3.05, 3.63) is 0 Å². The molecule has 1 aliphatic heterocycles. The van der Waals surface area contributed by atoms with Gasteiger partial charge in [-0.15, -0.1) is 0 Å². The van der Waals surface area contributed by atoms with Crippen molar-refractivity contribution in [1.82, 2.24) is 10.2 Å². The second-order valence-corrected chi connectivity index (χ2v) is 11.3. The van der Waals surface area contributed by atoms with Gasteiger partial charge in [-0.3, -0.25) is 4.79 Å². The number of alkyl carbamates (subject to hydrolysis) is 1. The minimum atomic E-state index is -4.78.